The number of hydrogen-bond acceptors (Lipinski definition) is 5. The van der Waals surface area contributed by atoms with Gasteiger partial charge in [-0.05, 0) is 44.2 Å². The van der Waals surface area contributed by atoms with Crippen molar-refractivity contribution in [3.63, 3.8) is 0 Å². The van der Waals surface area contributed by atoms with Gasteiger partial charge in [-0.3, -0.25) is 10.1 Å². The minimum atomic E-state index is -0.563. The van der Waals surface area contributed by atoms with Crippen LogP contribution >= 0.6 is 23.2 Å². The topological polar surface area (TPSA) is 87.3 Å². The van der Waals surface area contributed by atoms with Gasteiger partial charge < -0.3 is 4.74 Å². The van der Waals surface area contributed by atoms with E-state index in [4.69, 9.17) is 27.9 Å². The Kier molecular flexibility index (Phi) is 5.67. The molecule has 0 saturated heterocycles. The fourth-order valence-corrected chi connectivity index (χ4v) is 3.29. The Morgan fingerprint density at radius 1 is 1.21 bits per heavy atom. The predicted octanol–water partition coefficient (Wildman–Crippen LogP) is 5.24. The van der Waals surface area contributed by atoms with Crippen LogP contribution in [0, 0.1) is 17.0 Å². The molecule has 0 N–H and O–H groups in total. The SMILES string of the molecule is CCOC(=O)c1nn(-c2ccc(Cl)cc2Cl)c(-c2ccc([N+](=O)[O-])cc2)c1C. The van der Waals surface area contributed by atoms with Gasteiger partial charge in [-0.1, -0.05) is 23.2 Å². The van der Waals surface area contributed by atoms with Gasteiger partial charge in [0.15, 0.2) is 5.69 Å². The minimum Gasteiger partial charge on any atom is -0.461 e. The summed E-state index contributed by atoms with van der Waals surface area (Å²) in [6.45, 7) is 3.65. The van der Waals surface area contributed by atoms with Gasteiger partial charge in [-0.2, -0.15) is 5.10 Å². The second kappa shape index (κ2) is 8.00. The lowest BCUT2D eigenvalue weighted by Gasteiger charge is -2.10. The molecule has 0 unspecified atom stereocenters. The zero-order chi connectivity index (χ0) is 20.4. The van der Waals surface area contributed by atoms with Crippen LogP contribution in [0.15, 0.2) is 42.5 Å². The summed E-state index contributed by atoms with van der Waals surface area (Å²) >= 11 is 12.3. The molecule has 1 heterocycles. The van der Waals surface area contributed by atoms with Gasteiger partial charge in [-0.15, -0.1) is 0 Å². The van der Waals surface area contributed by atoms with Crippen molar-refractivity contribution in [2.45, 2.75) is 13.8 Å². The summed E-state index contributed by atoms with van der Waals surface area (Å²) in [6, 6.07) is 10.9. The minimum absolute atomic E-state index is 0.0393. The molecular formula is C19H15Cl2N3O4. The van der Waals surface area contributed by atoms with E-state index in [-0.39, 0.29) is 18.0 Å². The lowest BCUT2D eigenvalue weighted by Crippen LogP contribution is -2.08. The highest BCUT2D eigenvalue weighted by Crippen LogP contribution is 2.33. The van der Waals surface area contributed by atoms with Gasteiger partial charge >= 0.3 is 5.97 Å². The molecule has 0 aliphatic heterocycles. The second-order valence-electron chi connectivity index (χ2n) is 5.85. The molecule has 28 heavy (non-hydrogen) atoms. The van der Waals surface area contributed by atoms with Crippen molar-refractivity contribution < 1.29 is 14.5 Å². The van der Waals surface area contributed by atoms with Crippen LogP contribution in [0.25, 0.3) is 16.9 Å². The summed E-state index contributed by atoms with van der Waals surface area (Å²) in [5.74, 6) is -0.563. The van der Waals surface area contributed by atoms with Crippen LogP contribution in [0.5, 0.6) is 0 Å². The van der Waals surface area contributed by atoms with Crippen LogP contribution < -0.4 is 0 Å². The molecule has 0 radical (unpaired) electrons. The number of ether oxygens (including phenoxy) is 1. The maximum Gasteiger partial charge on any atom is 0.359 e. The van der Waals surface area contributed by atoms with Crippen LogP contribution in [0.3, 0.4) is 0 Å². The van der Waals surface area contributed by atoms with E-state index >= 15 is 0 Å². The average molecular weight is 420 g/mol. The monoisotopic (exact) mass is 419 g/mol. The first kappa shape index (κ1) is 19.9. The third kappa shape index (κ3) is 3.72. The molecule has 9 heteroatoms. The number of nitro benzene ring substituents is 1. The largest absolute Gasteiger partial charge is 0.461 e. The first-order valence-electron chi connectivity index (χ1n) is 8.30. The second-order valence-corrected chi connectivity index (χ2v) is 6.70. The fourth-order valence-electron chi connectivity index (χ4n) is 2.80. The zero-order valence-electron chi connectivity index (χ0n) is 15.0. The molecule has 0 spiro atoms. The van der Waals surface area contributed by atoms with Crippen molar-refractivity contribution in [1.29, 1.82) is 0 Å². The Balaban J connectivity index is 2.24. The molecule has 0 atom stereocenters. The van der Waals surface area contributed by atoms with Gasteiger partial charge in [0, 0.05) is 28.3 Å². The van der Waals surface area contributed by atoms with Crippen LogP contribution in [0.2, 0.25) is 10.0 Å². The molecule has 0 fully saturated rings. The van der Waals surface area contributed by atoms with Crippen LogP contribution in [-0.2, 0) is 4.74 Å². The highest BCUT2D eigenvalue weighted by molar-refractivity contribution is 6.35. The highest BCUT2D eigenvalue weighted by Gasteiger charge is 2.24. The molecule has 0 bridgehead atoms. The third-order valence-corrected chi connectivity index (χ3v) is 4.62. The Hall–Kier alpha value is -2.90. The molecule has 3 rings (SSSR count). The van der Waals surface area contributed by atoms with Crippen molar-refractivity contribution >= 4 is 34.9 Å². The number of rotatable bonds is 5. The van der Waals surface area contributed by atoms with Gasteiger partial charge in [-0.25, -0.2) is 9.48 Å². The van der Waals surface area contributed by atoms with Crippen LogP contribution in [0.1, 0.15) is 23.0 Å². The van der Waals surface area contributed by atoms with E-state index in [1.54, 1.807) is 44.2 Å². The molecule has 0 amide bonds. The van der Waals surface area contributed by atoms with Gasteiger partial charge in [0.05, 0.1) is 27.9 Å². The van der Waals surface area contributed by atoms with Crippen LogP contribution in [0.4, 0.5) is 5.69 Å². The molecule has 1 aromatic heterocycles. The number of nitrogens with zero attached hydrogens (tertiary/aromatic N) is 3. The summed E-state index contributed by atoms with van der Waals surface area (Å²) in [5.41, 5.74) is 2.39. The fraction of sp³-hybridized carbons (Fsp3) is 0.158. The number of non-ortho nitro benzene ring substituents is 1. The van der Waals surface area contributed by atoms with Crippen molar-refractivity contribution in [3.8, 4) is 16.9 Å². The lowest BCUT2D eigenvalue weighted by molar-refractivity contribution is -0.384. The normalized spacial score (nSPS) is 10.7. The molecule has 0 saturated carbocycles. The quantitative estimate of drug-likeness (QED) is 0.320. The molecule has 144 valence electrons. The van der Waals surface area contributed by atoms with Gasteiger partial charge in [0.25, 0.3) is 5.69 Å². The maximum absolute atomic E-state index is 12.3. The lowest BCUT2D eigenvalue weighted by atomic mass is 10.1. The summed E-state index contributed by atoms with van der Waals surface area (Å²) in [5, 5.41) is 16.1. The average Bonchev–Trinajstić information content (AvgIpc) is 2.99. The van der Waals surface area contributed by atoms with Gasteiger partial charge in [0.1, 0.15) is 0 Å². The summed E-state index contributed by atoms with van der Waals surface area (Å²) in [7, 11) is 0. The first-order chi connectivity index (χ1) is 13.3. The molecule has 2 aromatic carbocycles. The van der Waals surface area contributed by atoms with E-state index in [9.17, 15) is 14.9 Å². The number of benzene rings is 2. The summed E-state index contributed by atoms with van der Waals surface area (Å²) in [4.78, 5) is 22.8. The van der Waals surface area contributed by atoms with E-state index in [1.165, 1.54) is 16.8 Å². The Morgan fingerprint density at radius 2 is 1.89 bits per heavy atom. The van der Waals surface area contributed by atoms with E-state index in [0.717, 1.165) is 0 Å². The van der Waals surface area contributed by atoms with E-state index in [2.05, 4.69) is 5.10 Å². The number of hydrogen-bond donors (Lipinski definition) is 0. The smallest absolute Gasteiger partial charge is 0.359 e. The van der Waals surface area contributed by atoms with E-state index in [1.807, 2.05) is 0 Å². The molecular weight excluding hydrogens is 405 g/mol. The number of esters is 1. The van der Waals surface area contributed by atoms with Gasteiger partial charge in [0.2, 0.25) is 0 Å². The number of carbonyl (C=O) groups is 1. The number of halogens is 2. The van der Waals surface area contributed by atoms with E-state index in [0.29, 0.717) is 32.6 Å². The Labute approximate surface area is 170 Å². The molecule has 7 nitrogen and oxygen atoms in total. The zero-order valence-corrected chi connectivity index (χ0v) is 16.5. The van der Waals surface area contributed by atoms with Crippen molar-refractivity contribution in [1.82, 2.24) is 9.78 Å². The molecule has 0 aliphatic carbocycles. The third-order valence-electron chi connectivity index (χ3n) is 4.08. The predicted molar refractivity (Wildman–Crippen MR) is 106 cm³/mol. The number of aromatic nitrogens is 2. The van der Waals surface area contributed by atoms with Crippen molar-refractivity contribution in [2.75, 3.05) is 6.61 Å². The van der Waals surface area contributed by atoms with Crippen molar-refractivity contribution in [3.05, 3.63) is 73.9 Å². The molecule has 0 aliphatic rings. The highest BCUT2D eigenvalue weighted by atomic mass is 35.5. The summed E-state index contributed by atoms with van der Waals surface area (Å²) < 4.78 is 6.61. The maximum atomic E-state index is 12.3. The summed E-state index contributed by atoms with van der Waals surface area (Å²) in [6.07, 6.45) is 0. The Bertz CT molecular complexity index is 1060. The number of nitro groups is 1. The molecule has 3 aromatic rings. The first-order valence-corrected chi connectivity index (χ1v) is 9.06. The number of carbonyl (C=O) groups excluding carboxylic acids is 1. The van der Waals surface area contributed by atoms with E-state index < -0.39 is 10.9 Å². The standard InChI is InChI=1S/C19H15Cl2N3O4/c1-3-28-19(25)17-11(2)18(12-4-7-14(8-5-12)24(26)27)23(22-17)16-9-6-13(20)10-15(16)21/h4-10H,3H2,1-2H3. The van der Waals surface area contributed by atoms with Crippen molar-refractivity contribution in [2.24, 2.45) is 0 Å². The Morgan fingerprint density at radius 3 is 2.46 bits per heavy atom. The van der Waals surface area contributed by atoms with Crippen LogP contribution in [-0.4, -0.2) is 27.3 Å².